The van der Waals surface area contributed by atoms with Gasteiger partial charge < -0.3 is 0 Å². The molecular formula is C19H30N2. The third-order valence-corrected chi connectivity index (χ3v) is 5.69. The summed E-state index contributed by atoms with van der Waals surface area (Å²) in [7, 11) is 0. The van der Waals surface area contributed by atoms with Gasteiger partial charge in [-0.2, -0.15) is 0 Å². The Morgan fingerprint density at radius 1 is 1.19 bits per heavy atom. The predicted molar refractivity (Wildman–Crippen MR) is 89.6 cm³/mol. The third kappa shape index (κ3) is 3.02. The number of fused-ring (bicyclic) bond motifs is 1. The smallest absolute Gasteiger partial charge is 0.0326 e. The molecule has 2 nitrogen and oxygen atoms in total. The molecular weight excluding hydrogens is 256 g/mol. The molecule has 0 amide bonds. The van der Waals surface area contributed by atoms with Crippen LogP contribution in [0, 0.1) is 6.92 Å². The van der Waals surface area contributed by atoms with Crippen molar-refractivity contribution in [3.05, 3.63) is 35.4 Å². The summed E-state index contributed by atoms with van der Waals surface area (Å²) in [6.45, 7) is 10.9. The lowest BCUT2D eigenvalue weighted by Crippen LogP contribution is -2.59. The average Bonchev–Trinajstić information content (AvgIpc) is 2.53. The monoisotopic (exact) mass is 286 g/mol. The van der Waals surface area contributed by atoms with Gasteiger partial charge in [0.15, 0.2) is 0 Å². The highest BCUT2D eigenvalue weighted by atomic mass is 15.3. The molecule has 0 radical (unpaired) electrons. The molecule has 3 unspecified atom stereocenters. The zero-order valence-corrected chi connectivity index (χ0v) is 13.9. The van der Waals surface area contributed by atoms with Gasteiger partial charge in [-0.15, -0.1) is 0 Å². The van der Waals surface area contributed by atoms with Crippen molar-refractivity contribution in [2.45, 2.75) is 64.6 Å². The molecule has 1 aromatic rings. The minimum absolute atomic E-state index is 0.542. The number of nitrogens with zero attached hydrogens (tertiary/aromatic N) is 2. The molecule has 0 aromatic heterocycles. The standard InChI is InChI=1S/C19H30N2/c1-4-17-13-20-12-8-7-10-18(20)14-21(17)16(3)19-11-6-5-9-15(19)2/h5-6,9,11,16-18H,4,7-8,10,12-14H2,1-3H3. The van der Waals surface area contributed by atoms with Crippen LogP contribution < -0.4 is 0 Å². The lowest BCUT2D eigenvalue weighted by molar-refractivity contribution is -0.0125. The maximum atomic E-state index is 2.79. The Bertz CT molecular complexity index is 470. The lowest BCUT2D eigenvalue weighted by atomic mass is 9.92. The molecule has 1 aromatic carbocycles. The Hall–Kier alpha value is -0.860. The highest BCUT2D eigenvalue weighted by Crippen LogP contribution is 2.32. The maximum absolute atomic E-state index is 2.79. The molecule has 0 saturated carbocycles. The van der Waals surface area contributed by atoms with Gasteiger partial charge in [0.1, 0.15) is 0 Å². The first-order valence-corrected chi connectivity index (χ1v) is 8.76. The van der Waals surface area contributed by atoms with E-state index in [0.717, 1.165) is 6.04 Å². The molecule has 0 aliphatic carbocycles. The fourth-order valence-electron chi connectivity index (χ4n) is 4.35. The number of hydrogen-bond acceptors (Lipinski definition) is 2. The highest BCUT2D eigenvalue weighted by Gasteiger charge is 2.36. The van der Waals surface area contributed by atoms with Crippen LogP contribution in [0.5, 0.6) is 0 Å². The molecule has 0 bridgehead atoms. The van der Waals surface area contributed by atoms with Crippen LogP contribution in [-0.4, -0.2) is 41.5 Å². The molecule has 2 saturated heterocycles. The van der Waals surface area contributed by atoms with Crippen molar-refractivity contribution in [2.75, 3.05) is 19.6 Å². The molecule has 2 aliphatic heterocycles. The van der Waals surface area contributed by atoms with Gasteiger partial charge in [0, 0.05) is 31.2 Å². The first kappa shape index (κ1) is 15.1. The Labute approximate surface area is 130 Å². The van der Waals surface area contributed by atoms with Crippen LogP contribution in [0.1, 0.15) is 56.7 Å². The zero-order valence-electron chi connectivity index (χ0n) is 13.9. The first-order chi connectivity index (χ1) is 10.2. The van der Waals surface area contributed by atoms with Gasteiger partial charge in [0.2, 0.25) is 0 Å². The maximum Gasteiger partial charge on any atom is 0.0326 e. The van der Waals surface area contributed by atoms with Gasteiger partial charge in [0.05, 0.1) is 0 Å². The number of piperidine rings is 1. The van der Waals surface area contributed by atoms with Crippen molar-refractivity contribution in [3.8, 4) is 0 Å². The zero-order chi connectivity index (χ0) is 14.8. The molecule has 2 heterocycles. The van der Waals surface area contributed by atoms with E-state index < -0.39 is 0 Å². The van der Waals surface area contributed by atoms with E-state index in [1.807, 2.05) is 0 Å². The van der Waals surface area contributed by atoms with Crippen molar-refractivity contribution in [1.29, 1.82) is 0 Å². The Morgan fingerprint density at radius 3 is 2.76 bits per heavy atom. The SMILES string of the molecule is CCC1CN2CCCCC2CN1C(C)c1ccccc1C. The van der Waals surface area contributed by atoms with Crippen molar-refractivity contribution >= 4 is 0 Å². The predicted octanol–water partition coefficient (Wildman–Crippen LogP) is 4.00. The fraction of sp³-hybridized carbons (Fsp3) is 0.684. The van der Waals surface area contributed by atoms with E-state index >= 15 is 0 Å². The summed E-state index contributed by atoms with van der Waals surface area (Å²) in [6.07, 6.45) is 5.48. The van der Waals surface area contributed by atoms with Crippen LogP contribution in [0.15, 0.2) is 24.3 Å². The van der Waals surface area contributed by atoms with Crippen LogP contribution in [-0.2, 0) is 0 Å². The van der Waals surface area contributed by atoms with Gasteiger partial charge in [0.25, 0.3) is 0 Å². The van der Waals surface area contributed by atoms with Crippen molar-refractivity contribution in [1.82, 2.24) is 9.80 Å². The summed E-state index contributed by atoms with van der Waals surface area (Å²) in [5, 5.41) is 0. The molecule has 2 aliphatic rings. The molecule has 116 valence electrons. The van der Waals surface area contributed by atoms with E-state index in [1.54, 1.807) is 0 Å². The Kier molecular flexibility index (Phi) is 4.66. The number of piperazine rings is 1. The van der Waals surface area contributed by atoms with Gasteiger partial charge in [-0.25, -0.2) is 0 Å². The second-order valence-corrected chi connectivity index (χ2v) is 6.94. The summed E-state index contributed by atoms with van der Waals surface area (Å²) >= 11 is 0. The second-order valence-electron chi connectivity index (χ2n) is 6.94. The lowest BCUT2D eigenvalue weighted by Gasteiger charge is -2.50. The molecule has 3 rings (SSSR count). The summed E-state index contributed by atoms with van der Waals surface area (Å²) in [4.78, 5) is 5.55. The molecule has 2 heteroatoms. The van der Waals surface area contributed by atoms with E-state index in [0.29, 0.717) is 12.1 Å². The van der Waals surface area contributed by atoms with E-state index in [9.17, 15) is 0 Å². The van der Waals surface area contributed by atoms with Crippen LogP contribution in [0.2, 0.25) is 0 Å². The summed E-state index contributed by atoms with van der Waals surface area (Å²) < 4.78 is 0. The van der Waals surface area contributed by atoms with E-state index in [-0.39, 0.29) is 0 Å². The minimum atomic E-state index is 0.542. The molecule has 2 fully saturated rings. The average molecular weight is 286 g/mol. The van der Waals surface area contributed by atoms with Crippen LogP contribution in [0.25, 0.3) is 0 Å². The van der Waals surface area contributed by atoms with Crippen molar-refractivity contribution < 1.29 is 0 Å². The quantitative estimate of drug-likeness (QED) is 0.828. The highest BCUT2D eigenvalue weighted by molar-refractivity contribution is 5.28. The molecule has 3 atom stereocenters. The van der Waals surface area contributed by atoms with Gasteiger partial charge in [-0.3, -0.25) is 9.80 Å². The first-order valence-electron chi connectivity index (χ1n) is 8.76. The largest absolute Gasteiger partial charge is 0.298 e. The van der Waals surface area contributed by atoms with Crippen LogP contribution in [0.4, 0.5) is 0 Å². The normalized spacial score (nSPS) is 29.1. The number of benzene rings is 1. The summed E-state index contributed by atoms with van der Waals surface area (Å²) in [5.41, 5.74) is 2.95. The second kappa shape index (κ2) is 6.50. The molecule has 0 N–H and O–H groups in total. The van der Waals surface area contributed by atoms with Crippen LogP contribution in [0.3, 0.4) is 0 Å². The number of hydrogen-bond donors (Lipinski definition) is 0. The van der Waals surface area contributed by atoms with Crippen LogP contribution >= 0.6 is 0 Å². The van der Waals surface area contributed by atoms with Crippen molar-refractivity contribution in [3.63, 3.8) is 0 Å². The molecule has 0 spiro atoms. The van der Waals surface area contributed by atoms with Gasteiger partial charge in [-0.05, 0) is 50.8 Å². The third-order valence-electron chi connectivity index (χ3n) is 5.69. The van der Waals surface area contributed by atoms with Gasteiger partial charge >= 0.3 is 0 Å². The number of rotatable bonds is 3. The number of aryl methyl sites for hydroxylation is 1. The summed E-state index contributed by atoms with van der Waals surface area (Å²) in [6, 6.07) is 11.0. The fourth-order valence-corrected chi connectivity index (χ4v) is 4.35. The Morgan fingerprint density at radius 2 is 2.00 bits per heavy atom. The summed E-state index contributed by atoms with van der Waals surface area (Å²) in [5.74, 6) is 0. The Balaban J connectivity index is 1.80. The topological polar surface area (TPSA) is 6.48 Å². The minimum Gasteiger partial charge on any atom is -0.298 e. The van der Waals surface area contributed by atoms with E-state index in [1.165, 1.54) is 56.4 Å². The van der Waals surface area contributed by atoms with E-state index in [2.05, 4.69) is 54.8 Å². The van der Waals surface area contributed by atoms with Crippen molar-refractivity contribution in [2.24, 2.45) is 0 Å². The van der Waals surface area contributed by atoms with E-state index in [4.69, 9.17) is 0 Å². The molecule has 21 heavy (non-hydrogen) atoms. The van der Waals surface area contributed by atoms with Gasteiger partial charge in [-0.1, -0.05) is 37.6 Å².